The quantitative estimate of drug-likeness (QED) is 0.452. The van der Waals surface area contributed by atoms with Crippen molar-refractivity contribution in [3.63, 3.8) is 0 Å². The first-order valence-electron chi connectivity index (χ1n) is 3.67. The largest absolute Gasteiger partial charge is 0.362 e. The van der Waals surface area contributed by atoms with Gasteiger partial charge in [-0.3, -0.25) is 0 Å². The minimum Gasteiger partial charge on any atom is -0.362 e. The average molecular weight is 160 g/mol. The van der Waals surface area contributed by atoms with E-state index in [4.69, 9.17) is 4.52 Å². The minimum absolute atomic E-state index is 0.302. The molecule has 0 aromatic rings. The van der Waals surface area contributed by atoms with Gasteiger partial charge in [-0.15, -0.1) is 0 Å². The van der Waals surface area contributed by atoms with Gasteiger partial charge in [0.25, 0.3) is 0 Å². The van der Waals surface area contributed by atoms with Crippen molar-refractivity contribution in [2.75, 3.05) is 0 Å². The number of carbonyl (C=O) groups is 1. The topological polar surface area (TPSA) is 26.3 Å². The molecule has 0 aliphatic heterocycles. The molecular formula is C7H13O2P. The monoisotopic (exact) mass is 160 g/mol. The summed E-state index contributed by atoms with van der Waals surface area (Å²) in [5.74, 6) is 0.302. The van der Waals surface area contributed by atoms with Gasteiger partial charge in [-0.2, -0.15) is 0 Å². The molecule has 10 heavy (non-hydrogen) atoms. The van der Waals surface area contributed by atoms with Gasteiger partial charge >= 0.3 is 0 Å². The lowest BCUT2D eigenvalue weighted by atomic mass is 9.89. The Hall–Kier alpha value is 0.0600. The minimum atomic E-state index is 0.302. The standard InChI is InChI=1S/C7H13O2P/c8-5-6-1-3-7(9-10)4-2-6/h5-7H,1-4,10H2. The van der Waals surface area contributed by atoms with E-state index in [1.165, 1.54) is 0 Å². The van der Waals surface area contributed by atoms with Gasteiger partial charge in [-0.05, 0) is 25.7 Å². The van der Waals surface area contributed by atoms with Gasteiger partial charge in [-0.25, -0.2) is 0 Å². The molecule has 1 aliphatic rings. The maximum absolute atomic E-state index is 10.3. The zero-order valence-electron chi connectivity index (χ0n) is 5.95. The van der Waals surface area contributed by atoms with E-state index < -0.39 is 0 Å². The van der Waals surface area contributed by atoms with Crippen molar-refractivity contribution in [1.29, 1.82) is 0 Å². The van der Waals surface area contributed by atoms with Crippen molar-refractivity contribution in [2.24, 2.45) is 5.92 Å². The third-order valence-electron chi connectivity index (χ3n) is 2.10. The summed E-state index contributed by atoms with van der Waals surface area (Å²) in [7, 11) is 2.29. The Morgan fingerprint density at radius 3 is 2.30 bits per heavy atom. The Morgan fingerprint density at radius 1 is 1.30 bits per heavy atom. The van der Waals surface area contributed by atoms with Gasteiger partial charge in [0, 0.05) is 15.4 Å². The van der Waals surface area contributed by atoms with Crippen molar-refractivity contribution < 1.29 is 9.32 Å². The van der Waals surface area contributed by atoms with Crippen molar-refractivity contribution in [3.8, 4) is 0 Å². The van der Waals surface area contributed by atoms with E-state index in [0.717, 1.165) is 32.0 Å². The molecule has 0 N–H and O–H groups in total. The van der Waals surface area contributed by atoms with Crippen LogP contribution in [0.15, 0.2) is 0 Å². The first-order chi connectivity index (χ1) is 4.86. The van der Waals surface area contributed by atoms with E-state index in [1.807, 2.05) is 0 Å². The molecule has 1 fully saturated rings. The van der Waals surface area contributed by atoms with Crippen LogP contribution in [-0.4, -0.2) is 12.4 Å². The van der Waals surface area contributed by atoms with E-state index in [9.17, 15) is 4.79 Å². The van der Waals surface area contributed by atoms with Crippen molar-refractivity contribution in [2.45, 2.75) is 31.8 Å². The smallest absolute Gasteiger partial charge is 0.123 e. The molecule has 0 saturated heterocycles. The normalized spacial score (nSPS) is 33.7. The molecule has 3 heteroatoms. The molecule has 2 nitrogen and oxygen atoms in total. The summed E-state index contributed by atoms with van der Waals surface area (Å²) < 4.78 is 5.08. The lowest BCUT2D eigenvalue weighted by Gasteiger charge is -2.23. The predicted molar refractivity (Wildman–Crippen MR) is 42.6 cm³/mol. The van der Waals surface area contributed by atoms with E-state index >= 15 is 0 Å². The SMILES string of the molecule is O=CC1CCC(OP)CC1. The van der Waals surface area contributed by atoms with Gasteiger partial charge in [0.2, 0.25) is 0 Å². The maximum atomic E-state index is 10.3. The molecule has 1 unspecified atom stereocenters. The molecular weight excluding hydrogens is 147 g/mol. The van der Waals surface area contributed by atoms with Gasteiger partial charge in [0.05, 0.1) is 6.10 Å². The summed E-state index contributed by atoms with van der Waals surface area (Å²) in [6.07, 6.45) is 5.52. The van der Waals surface area contributed by atoms with Crippen LogP contribution in [0.3, 0.4) is 0 Å². The van der Waals surface area contributed by atoms with Crippen LogP contribution in [0.2, 0.25) is 0 Å². The van der Waals surface area contributed by atoms with Crippen LogP contribution in [0.4, 0.5) is 0 Å². The Morgan fingerprint density at radius 2 is 1.90 bits per heavy atom. The molecule has 0 radical (unpaired) electrons. The highest BCUT2D eigenvalue weighted by Crippen LogP contribution is 2.25. The van der Waals surface area contributed by atoms with Crippen molar-refractivity contribution in [3.05, 3.63) is 0 Å². The van der Waals surface area contributed by atoms with E-state index in [0.29, 0.717) is 12.0 Å². The summed E-state index contributed by atoms with van der Waals surface area (Å²) in [4.78, 5) is 10.3. The van der Waals surface area contributed by atoms with E-state index in [2.05, 4.69) is 9.47 Å². The molecule has 1 atom stereocenters. The van der Waals surface area contributed by atoms with Crippen LogP contribution >= 0.6 is 9.47 Å². The average Bonchev–Trinajstić information content (AvgIpc) is 2.05. The first kappa shape index (κ1) is 8.16. The molecule has 0 aromatic carbocycles. The summed E-state index contributed by atoms with van der Waals surface area (Å²) in [6, 6.07) is 0. The fourth-order valence-corrected chi connectivity index (χ4v) is 1.63. The fourth-order valence-electron chi connectivity index (χ4n) is 1.36. The summed E-state index contributed by atoms with van der Waals surface area (Å²) in [5.41, 5.74) is 0. The second-order valence-electron chi connectivity index (χ2n) is 2.81. The zero-order chi connectivity index (χ0) is 7.40. The van der Waals surface area contributed by atoms with Crippen LogP contribution in [-0.2, 0) is 9.32 Å². The molecule has 0 aromatic heterocycles. The van der Waals surface area contributed by atoms with Crippen LogP contribution in [0, 0.1) is 5.92 Å². The molecule has 0 spiro atoms. The summed E-state index contributed by atoms with van der Waals surface area (Å²) >= 11 is 0. The van der Waals surface area contributed by atoms with Crippen molar-refractivity contribution in [1.82, 2.24) is 0 Å². The second-order valence-corrected chi connectivity index (χ2v) is 3.08. The van der Waals surface area contributed by atoms with Gasteiger partial charge in [0.1, 0.15) is 6.29 Å². The van der Waals surface area contributed by atoms with Gasteiger partial charge in [0.15, 0.2) is 0 Å². The highest BCUT2D eigenvalue weighted by Gasteiger charge is 2.19. The van der Waals surface area contributed by atoms with E-state index in [1.54, 1.807) is 0 Å². The molecule has 1 rings (SSSR count). The Bertz CT molecular complexity index is 108. The summed E-state index contributed by atoms with van der Waals surface area (Å²) in [5, 5.41) is 0. The van der Waals surface area contributed by atoms with Crippen LogP contribution in [0.5, 0.6) is 0 Å². The van der Waals surface area contributed by atoms with Gasteiger partial charge < -0.3 is 9.32 Å². The van der Waals surface area contributed by atoms with Crippen LogP contribution < -0.4 is 0 Å². The predicted octanol–water partition coefficient (Wildman–Crippen LogP) is 1.55. The number of aldehydes is 1. The lowest BCUT2D eigenvalue weighted by Crippen LogP contribution is -2.19. The molecule has 0 heterocycles. The molecule has 0 amide bonds. The number of hydrogen-bond acceptors (Lipinski definition) is 2. The third kappa shape index (κ3) is 2.03. The molecule has 1 saturated carbocycles. The maximum Gasteiger partial charge on any atom is 0.123 e. The second kappa shape index (κ2) is 4.05. The van der Waals surface area contributed by atoms with Crippen LogP contribution in [0.1, 0.15) is 25.7 Å². The molecule has 0 bridgehead atoms. The number of rotatable bonds is 2. The molecule has 1 aliphatic carbocycles. The molecule has 58 valence electrons. The third-order valence-corrected chi connectivity index (χ3v) is 2.49. The highest BCUT2D eigenvalue weighted by atomic mass is 31.0. The van der Waals surface area contributed by atoms with E-state index in [-0.39, 0.29) is 0 Å². The fraction of sp³-hybridized carbons (Fsp3) is 0.857. The highest BCUT2D eigenvalue weighted by molar-refractivity contribution is 7.09. The lowest BCUT2D eigenvalue weighted by molar-refractivity contribution is -0.112. The first-order valence-corrected chi connectivity index (χ1v) is 4.14. The zero-order valence-corrected chi connectivity index (χ0v) is 7.11. The Labute approximate surface area is 63.6 Å². The Kier molecular flexibility index (Phi) is 3.30. The number of hydrogen-bond donors (Lipinski definition) is 0. The van der Waals surface area contributed by atoms with Crippen molar-refractivity contribution >= 4 is 15.8 Å². The van der Waals surface area contributed by atoms with Gasteiger partial charge in [-0.1, -0.05) is 0 Å². The Balaban J connectivity index is 2.23. The van der Waals surface area contributed by atoms with Crippen LogP contribution in [0.25, 0.3) is 0 Å². The number of carbonyl (C=O) groups excluding carboxylic acids is 1. The summed E-state index contributed by atoms with van der Waals surface area (Å²) in [6.45, 7) is 0.